The normalized spacial score (nSPS) is 9.86. The Morgan fingerprint density at radius 3 is 2.29 bits per heavy atom. The van der Waals surface area contributed by atoms with Gasteiger partial charge in [0.1, 0.15) is 17.3 Å². The Morgan fingerprint density at radius 1 is 1.05 bits per heavy atom. The number of thiocarbonyl (C=S) groups is 1. The fourth-order valence-corrected chi connectivity index (χ4v) is 1.99. The molecular weight excluding hydrogens is 286 g/mol. The average Bonchev–Trinajstić information content (AvgIpc) is 2.46. The zero-order valence-electron chi connectivity index (χ0n) is 12.1. The molecule has 1 aromatic carbocycles. The molecule has 0 bridgehead atoms. The van der Waals surface area contributed by atoms with E-state index in [0.29, 0.717) is 22.4 Å². The van der Waals surface area contributed by atoms with Gasteiger partial charge < -0.3 is 20.1 Å². The number of benzene rings is 1. The van der Waals surface area contributed by atoms with Gasteiger partial charge in [-0.15, -0.1) is 0 Å². The molecule has 1 aromatic heterocycles. The fourth-order valence-electron chi connectivity index (χ4n) is 1.77. The number of nitrogens with one attached hydrogen (secondary N) is 2. The van der Waals surface area contributed by atoms with Crippen LogP contribution in [0.15, 0.2) is 36.4 Å². The van der Waals surface area contributed by atoms with Crippen LogP contribution in [0.5, 0.6) is 11.5 Å². The maximum Gasteiger partial charge on any atom is 0.176 e. The second-order valence-electron chi connectivity index (χ2n) is 4.34. The number of rotatable bonds is 4. The third-order valence-electron chi connectivity index (χ3n) is 2.74. The molecule has 21 heavy (non-hydrogen) atoms. The molecule has 0 aliphatic heterocycles. The van der Waals surface area contributed by atoms with Crippen LogP contribution in [0.4, 0.5) is 11.5 Å². The average molecular weight is 303 g/mol. The molecule has 0 aliphatic carbocycles. The number of methoxy groups -OCH3 is 2. The van der Waals surface area contributed by atoms with Gasteiger partial charge in [0.25, 0.3) is 0 Å². The molecule has 110 valence electrons. The van der Waals surface area contributed by atoms with Crippen molar-refractivity contribution in [3.8, 4) is 11.5 Å². The molecule has 0 aliphatic rings. The van der Waals surface area contributed by atoms with Gasteiger partial charge in [0.05, 0.1) is 14.2 Å². The quantitative estimate of drug-likeness (QED) is 0.846. The maximum atomic E-state index is 5.28. The van der Waals surface area contributed by atoms with E-state index in [4.69, 9.17) is 21.7 Å². The highest BCUT2D eigenvalue weighted by molar-refractivity contribution is 7.80. The van der Waals surface area contributed by atoms with Crippen molar-refractivity contribution in [3.63, 3.8) is 0 Å². The van der Waals surface area contributed by atoms with Crippen LogP contribution >= 0.6 is 12.2 Å². The molecule has 0 fully saturated rings. The fraction of sp³-hybridized carbons (Fsp3) is 0.200. The Labute approximate surface area is 129 Å². The summed E-state index contributed by atoms with van der Waals surface area (Å²) in [5, 5.41) is 6.56. The summed E-state index contributed by atoms with van der Waals surface area (Å²) in [7, 11) is 3.21. The second-order valence-corrected chi connectivity index (χ2v) is 4.75. The molecule has 0 spiro atoms. The highest BCUT2D eigenvalue weighted by atomic mass is 32.1. The van der Waals surface area contributed by atoms with Crippen LogP contribution in [-0.4, -0.2) is 24.3 Å². The van der Waals surface area contributed by atoms with Gasteiger partial charge in [0, 0.05) is 29.6 Å². The number of aromatic nitrogens is 1. The number of hydrogen-bond donors (Lipinski definition) is 2. The van der Waals surface area contributed by atoms with E-state index >= 15 is 0 Å². The minimum atomic E-state index is 0.448. The van der Waals surface area contributed by atoms with Crippen LogP contribution in [0.1, 0.15) is 5.69 Å². The number of pyridine rings is 1. The van der Waals surface area contributed by atoms with Crippen LogP contribution in [0, 0.1) is 6.92 Å². The Morgan fingerprint density at radius 2 is 1.71 bits per heavy atom. The summed E-state index contributed by atoms with van der Waals surface area (Å²) >= 11 is 5.28. The van der Waals surface area contributed by atoms with Crippen molar-refractivity contribution in [3.05, 3.63) is 42.1 Å². The largest absolute Gasteiger partial charge is 0.497 e. The zero-order valence-corrected chi connectivity index (χ0v) is 13.0. The van der Waals surface area contributed by atoms with Gasteiger partial charge in [-0.1, -0.05) is 6.07 Å². The molecule has 5 nitrogen and oxygen atoms in total. The summed E-state index contributed by atoms with van der Waals surface area (Å²) in [4.78, 5) is 4.33. The monoisotopic (exact) mass is 303 g/mol. The summed E-state index contributed by atoms with van der Waals surface area (Å²) in [6.07, 6.45) is 0. The van der Waals surface area contributed by atoms with Crippen molar-refractivity contribution in [2.75, 3.05) is 24.9 Å². The molecule has 1 heterocycles. The van der Waals surface area contributed by atoms with Gasteiger partial charge in [-0.2, -0.15) is 0 Å². The second kappa shape index (κ2) is 6.90. The van der Waals surface area contributed by atoms with Gasteiger partial charge in [0.15, 0.2) is 5.11 Å². The molecule has 0 amide bonds. The summed E-state index contributed by atoms with van der Waals surface area (Å²) in [6, 6.07) is 11.2. The van der Waals surface area contributed by atoms with Crippen LogP contribution in [0.2, 0.25) is 0 Å². The van der Waals surface area contributed by atoms with E-state index in [1.165, 1.54) is 0 Å². The first kappa shape index (κ1) is 15.1. The van der Waals surface area contributed by atoms with Crippen molar-refractivity contribution < 1.29 is 9.47 Å². The van der Waals surface area contributed by atoms with E-state index in [-0.39, 0.29) is 0 Å². The van der Waals surface area contributed by atoms with E-state index < -0.39 is 0 Å². The Balaban J connectivity index is 2.08. The summed E-state index contributed by atoms with van der Waals surface area (Å²) in [5.41, 5.74) is 1.70. The summed E-state index contributed by atoms with van der Waals surface area (Å²) in [6.45, 7) is 1.93. The van der Waals surface area contributed by atoms with Gasteiger partial charge in [0.2, 0.25) is 0 Å². The predicted octanol–water partition coefficient (Wildman–Crippen LogP) is 3.22. The predicted molar refractivity (Wildman–Crippen MR) is 88.4 cm³/mol. The lowest BCUT2D eigenvalue weighted by molar-refractivity contribution is 0.395. The van der Waals surface area contributed by atoms with Crippen molar-refractivity contribution in [2.24, 2.45) is 0 Å². The van der Waals surface area contributed by atoms with E-state index in [1.807, 2.05) is 37.3 Å². The third-order valence-corrected chi connectivity index (χ3v) is 2.94. The van der Waals surface area contributed by atoms with Crippen molar-refractivity contribution in [2.45, 2.75) is 6.92 Å². The van der Waals surface area contributed by atoms with Crippen molar-refractivity contribution >= 4 is 28.8 Å². The first-order valence-corrected chi connectivity index (χ1v) is 6.76. The molecule has 0 atom stereocenters. The number of aryl methyl sites for hydroxylation is 1. The maximum absolute atomic E-state index is 5.28. The SMILES string of the molecule is COc1cc(NC(=S)Nc2cccc(C)n2)cc(OC)c1. The minimum Gasteiger partial charge on any atom is -0.497 e. The molecule has 2 rings (SSSR count). The smallest absolute Gasteiger partial charge is 0.176 e. The first-order valence-electron chi connectivity index (χ1n) is 6.35. The number of hydrogen-bond acceptors (Lipinski definition) is 4. The molecule has 2 N–H and O–H groups in total. The van der Waals surface area contributed by atoms with E-state index in [1.54, 1.807) is 20.3 Å². The van der Waals surface area contributed by atoms with Crippen LogP contribution < -0.4 is 20.1 Å². The zero-order chi connectivity index (χ0) is 15.2. The Kier molecular flexibility index (Phi) is 4.94. The first-order chi connectivity index (χ1) is 10.1. The molecule has 0 radical (unpaired) electrons. The third kappa shape index (κ3) is 4.32. The molecular formula is C15H17N3O2S. The molecule has 2 aromatic rings. The molecule has 6 heteroatoms. The van der Waals surface area contributed by atoms with Crippen LogP contribution in [-0.2, 0) is 0 Å². The number of nitrogens with zero attached hydrogens (tertiary/aromatic N) is 1. The minimum absolute atomic E-state index is 0.448. The Bertz CT molecular complexity index is 624. The van der Waals surface area contributed by atoms with Crippen LogP contribution in [0.25, 0.3) is 0 Å². The van der Waals surface area contributed by atoms with E-state index in [0.717, 1.165) is 11.4 Å². The summed E-state index contributed by atoms with van der Waals surface area (Å²) < 4.78 is 10.4. The van der Waals surface area contributed by atoms with E-state index in [2.05, 4.69) is 15.6 Å². The number of ether oxygens (including phenoxy) is 2. The highest BCUT2D eigenvalue weighted by Gasteiger charge is 2.04. The lowest BCUT2D eigenvalue weighted by atomic mass is 10.3. The lowest BCUT2D eigenvalue weighted by Gasteiger charge is -2.12. The Hall–Kier alpha value is -2.34. The van der Waals surface area contributed by atoms with Crippen molar-refractivity contribution in [1.82, 2.24) is 4.98 Å². The standard InChI is InChI=1S/C15H17N3O2S/c1-10-5-4-6-14(16-10)18-15(21)17-11-7-12(19-2)9-13(8-11)20-3/h4-9H,1-3H3,(H2,16,17,18,21). The van der Waals surface area contributed by atoms with Crippen molar-refractivity contribution in [1.29, 1.82) is 0 Å². The van der Waals surface area contributed by atoms with Gasteiger partial charge in [-0.3, -0.25) is 0 Å². The van der Waals surface area contributed by atoms with Crippen LogP contribution in [0.3, 0.4) is 0 Å². The topological polar surface area (TPSA) is 55.4 Å². The van der Waals surface area contributed by atoms with Gasteiger partial charge in [-0.05, 0) is 31.3 Å². The van der Waals surface area contributed by atoms with Gasteiger partial charge >= 0.3 is 0 Å². The highest BCUT2D eigenvalue weighted by Crippen LogP contribution is 2.25. The molecule has 0 saturated carbocycles. The lowest BCUT2D eigenvalue weighted by Crippen LogP contribution is -2.19. The number of anilines is 2. The van der Waals surface area contributed by atoms with Gasteiger partial charge in [-0.25, -0.2) is 4.98 Å². The van der Waals surface area contributed by atoms with E-state index in [9.17, 15) is 0 Å². The summed E-state index contributed by atoms with van der Waals surface area (Å²) in [5.74, 6) is 2.07. The molecule has 0 unspecified atom stereocenters. The molecule has 0 saturated heterocycles.